The lowest BCUT2D eigenvalue weighted by atomic mass is 10.0. The van der Waals surface area contributed by atoms with E-state index in [9.17, 15) is 0 Å². The Balaban J connectivity index is 2.17. The van der Waals surface area contributed by atoms with E-state index in [4.69, 9.17) is 10.7 Å². The first-order valence-corrected chi connectivity index (χ1v) is 6.43. The van der Waals surface area contributed by atoms with Gasteiger partial charge in [0.05, 0.1) is 5.69 Å². The van der Waals surface area contributed by atoms with Gasteiger partial charge in [0, 0.05) is 24.5 Å². The number of hydrogen-bond donors (Lipinski definition) is 1. The molecule has 0 aliphatic carbocycles. The Morgan fingerprint density at radius 3 is 2.79 bits per heavy atom. The molecule has 0 aliphatic rings. The Kier molecular flexibility index (Phi) is 2.84. The molecule has 0 unspecified atom stereocenters. The van der Waals surface area contributed by atoms with Crippen LogP contribution in [0.15, 0.2) is 42.7 Å². The van der Waals surface area contributed by atoms with Gasteiger partial charge in [-0.25, -0.2) is 4.98 Å². The van der Waals surface area contributed by atoms with Crippen LogP contribution in [0, 0.1) is 13.8 Å². The van der Waals surface area contributed by atoms with E-state index in [0.29, 0.717) is 6.54 Å². The van der Waals surface area contributed by atoms with Crippen molar-refractivity contribution in [1.29, 1.82) is 0 Å². The van der Waals surface area contributed by atoms with E-state index >= 15 is 0 Å². The fourth-order valence-electron chi connectivity index (χ4n) is 2.29. The monoisotopic (exact) mass is 251 g/mol. The van der Waals surface area contributed by atoms with Gasteiger partial charge in [-0.2, -0.15) is 0 Å². The zero-order chi connectivity index (χ0) is 13.4. The Labute approximate surface area is 112 Å². The molecular formula is C16H17N3. The van der Waals surface area contributed by atoms with Crippen LogP contribution in [-0.4, -0.2) is 9.38 Å². The summed E-state index contributed by atoms with van der Waals surface area (Å²) in [6, 6.07) is 10.5. The first-order chi connectivity index (χ1) is 9.17. The molecule has 0 bridgehead atoms. The molecule has 2 heterocycles. The summed E-state index contributed by atoms with van der Waals surface area (Å²) in [6.45, 7) is 4.76. The largest absolute Gasteiger partial charge is 0.326 e. The van der Waals surface area contributed by atoms with Crippen LogP contribution < -0.4 is 5.73 Å². The minimum Gasteiger partial charge on any atom is -0.326 e. The lowest BCUT2D eigenvalue weighted by Gasteiger charge is -2.03. The summed E-state index contributed by atoms with van der Waals surface area (Å²) in [6.07, 6.45) is 4.08. The van der Waals surface area contributed by atoms with Crippen LogP contribution in [0.1, 0.15) is 16.7 Å². The molecule has 19 heavy (non-hydrogen) atoms. The number of aromatic nitrogens is 2. The van der Waals surface area contributed by atoms with Gasteiger partial charge in [-0.3, -0.25) is 0 Å². The second kappa shape index (κ2) is 4.52. The van der Waals surface area contributed by atoms with Crippen LogP contribution in [0.2, 0.25) is 0 Å². The third-order valence-electron chi connectivity index (χ3n) is 3.43. The number of nitrogens with two attached hydrogens (primary N) is 1. The average Bonchev–Trinajstić information content (AvgIpc) is 2.83. The van der Waals surface area contributed by atoms with Gasteiger partial charge in [0.1, 0.15) is 5.65 Å². The molecule has 0 aliphatic heterocycles. The predicted molar refractivity (Wildman–Crippen MR) is 78.0 cm³/mol. The zero-order valence-electron chi connectivity index (χ0n) is 11.2. The van der Waals surface area contributed by atoms with Crippen LogP contribution in [-0.2, 0) is 6.54 Å². The Morgan fingerprint density at radius 2 is 2.00 bits per heavy atom. The van der Waals surface area contributed by atoms with Crippen LogP contribution in [0.3, 0.4) is 0 Å². The van der Waals surface area contributed by atoms with Crippen LogP contribution in [0.5, 0.6) is 0 Å². The SMILES string of the molecule is Cc1ccc(C)c(-c2cn3ccc(CN)cc3n2)c1. The van der Waals surface area contributed by atoms with Gasteiger partial charge in [-0.1, -0.05) is 17.7 Å². The van der Waals surface area contributed by atoms with Crippen molar-refractivity contribution in [2.24, 2.45) is 5.73 Å². The summed E-state index contributed by atoms with van der Waals surface area (Å²) in [5.74, 6) is 0. The third-order valence-corrected chi connectivity index (χ3v) is 3.43. The molecule has 0 fully saturated rings. The molecule has 0 saturated carbocycles. The normalized spacial score (nSPS) is 11.1. The topological polar surface area (TPSA) is 43.3 Å². The number of hydrogen-bond acceptors (Lipinski definition) is 2. The van der Waals surface area contributed by atoms with Crippen molar-refractivity contribution in [2.75, 3.05) is 0 Å². The highest BCUT2D eigenvalue weighted by atomic mass is 15.0. The molecule has 3 rings (SSSR count). The molecule has 3 nitrogen and oxygen atoms in total. The fraction of sp³-hybridized carbons (Fsp3) is 0.188. The average molecular weight is 251 g/mol. The van der Waals surface area contributed by atoms with Crippen molar-refractivity contribution < 1.29 is 0 Å². The smallest absolute Gasteiger partial charge is 0.137 e. The number of benzene rings is 1. The number of nitrogens with zero attached hydrogens (tertiary/aromatic N) is 2. The maximum atomic E-state index is 5.67. The molecule has 0 atom stereocenters. The molecular weight excluding hydrogens is 234 g/mol. The number of imidazole rings is 1. The van der Waals surface area contributed by atoms with Crippen LogP contribution >= 0.6 is 0 Å². The van der Waals surface area contributed by atoms with E-state index in [1.54, 1.807) is 0 Å². The third kappa shape index (κ3) is 2.13. The quantitative estimate of drug-likeness (QED) is 0.760. The first-order valence-electron chi connectivity index (χ1n) is 6.43. The van der Waals surface area contributed by atoms with Gasteiger partial charge >= 0.3 is 0 Å². The number of aryl methyl sites for hydroxylation is 2. The maximum absolute atomic E-state index is 5.67. The van der Waals surface area contributed by atoms with Gasteiger partial charge < -0.3 is 10.1 Å². The van der Waals surface area contributed by atoms with Crippen molar-refractivity contribution in [3.63, 3.8) is 0 Å². The summed E-state index contributed by atoms with van der Waals surface area (Å²) < 4.78 is 2.04. The zero-order valence-corrected chi connectivity index (χ0v) is 11.2. The molecule has 0 amide bonds. The highest BCUT2D eigenvalue weighted by Crippen LogP contribution is 2.24. The second-order valence-corrected chi connectivity index (χ2v) is 4.95. The molecule has 3 aromatic rings. The number of pyridine rings is 1. The molecule has 2 aromatic heterocycles. The van der Waals surface area contributed by atoms with Crippen LogP contribution in [0.4, 0.5) is 0 Å². The summed E-state index contributed by atoms with van der Waals surface area (Å²) in [7, 11) is 0. The van der Waals surface area contributed by atoms with Gasteiger partial charge in [-0.15, -0.1) is 0 Å². The minimum absolute atomic E-state index is 0.544. The van der Waals surface area contributed by atoms with Crippen molar-refractivity contribution in [2.45, 2.75) is 20.4 Å². The van der Waals surface area contributed by atoms with Crippen molar-refractivity contribution in [3.8, 4) is 11.3 Å². The van der Waals surface area contributed by atoms with E-state index in [1.165, 1.54) is 16.7 Å². The second-order valence-electron chi connectivity index (χ2n) is 4.95. The Bertz CT molecular complexity index is 741. The number of fused-ring (bicyclic) bond motifs is 1. The van der Waals surface area contributed by atoms with Gasteiger partial charge in [0.15, 0.2) is 0 Å². The van der Waals surface area contributed by atoms with Gasteiger partial charge in [0.2, 0.25) is 0 Å². The molecule has 0 spiro atoms. The predicted octanol–water partition coefficient (Wildman–Crippen LogP) is 3.08. The molecule has 2 N–H and O–H groups in total. The van der Waals surface area contributed by atoms with E-state index in [1.807, 2.05) is 22.7 Å². The molecule has 96 valence electrons. The van der Waals surface area contributed by atoms with E-state index < -0.39 is 0 Å². The lowest BCUT2D eigenvalue weighted by molar-refractivity contribution is 1.05. The summed E-state index contributed by atoms with van der Waals surface area (Å²) in [5.41, 5.74) is 12.4. The molecule has 1 aromatic carbocycles. The minimum atomic E-state index is 0.544. The van der Waals surface area contributed by atoms with Gasteiger partial charge in [-0.05, 0) is 43.2 Å². The molecule has 0 saturated heterocycles. The summed E-state index contributed by atoms with van der Waals surface area (Å²) in [5, 5.41) is 0. The Morgan fingerprint density at radius 1 is 1.16 bits per heavy atom. The van der Waals surface area contributed by atoms with Crippen LogP contribution in [0.25, 0.3) is 16.9 Å². The summed E-state index contributed by atoms with van der Waals surface area (Å²) in [4.78, 5) is 4.70. The van der Waals surface area contributed by atoms with E-state index in [2.05, 4.69) is 38.2 Å². The fourth-order valence-corrected chi connectivity index (χ4v) is 2.29. The highest BCUT2D eigenvalue weighted by Gasteiger charge is 2.07. The van der Waals surface area contributed by atoms with Crippen molar-refractivity contribution in [3.05, 3.63) is 59.4 Å². The molecule has 3 heteroatoms. The van der Waals surface area contributed by atoms with E-state index in [-0.39, 0.29) is 0 Å². The first kappa shape index (κ1) is 11.9. The lowest BCUT2D eigenvalue weighted by Crippen LogP contribution is -1.96. The maximum Gasteiger partial charge on any atom is 0.137 e. The standard InChI is InChI=1S/C16H17N3/c1-11-3-4-12(2)14(7-11)15-10-19-6-5-13(9-17)8-16(19)18-15/h3-8,10H,9,17H2,1-2H3. The van der Waals surface area contributed by atoms with E-state index in [0.717, 1.165) is 16.9 Å². The Hall–Kier alpha value is -2.13. The van der Waals surface area contributed by atoms with Crippen molar-refractivity contribution in [1.82, 2.24) is 9.38 Å². The number of rotatable bonds is 2. The highest BCUT2D eigenvalue weighted by molar-refractivity contribution is 5.67. The van der Waals surface area contributed by atoms with Gasteiger partial charge in [0.25, 0.3) is 0 Å². The molecule has 0 radical (unpaired) electrons. The summed E-state index contributed by atoms with van der Waals surface area (Å²) >= 11 is 0. The van der Waals surface area contributed by atoms with Crippen molar-refractivity contribution >= 4 is 5.65 Å².